The fourth-order valence-corrected chi connectivity index (χ4v) is 4.07. The molecule has 3 rings (SSSR count). The lowest BCUT2D eigenvalue weighted by atomic mass is 10.1. The Balaban J connectivity index is 1.94. The van der Waals surface area contributed by atoms with Gasteiger partial charge in [0, 0.05) is 12.1 Å². The first kappa shape index (κ1) is 20.3. The van der Waals surface area contributed by atoms with Crippen molar-refractivity contribution >= 4 is 32.6 Å². The molecular formula is C22H27N3O2S. The van der Waals surface area contributed by atoms with Crippen molar-refractivity contribution in [3.8, 4) is 5.75 Å². The number of carbonyl (C=O) groups excluding carboxylic acids is 1. The maximum Gasteiger partial charge on any atom is 0.260 e. The molecule has 1 heterocycles. The van der Waals surface area contributed by atoms with Crippen LogP contribution >= 0.6 is 11.3 Å². The molecule has 0 aliphatic rings. The molecule has 0 saturated carbocycles. The van der Waals surface area contributed by atoms with Crippen LogP contribution in [0.25, 0.3) is 10.2 Å². The van der Waals surface area contributed by atoms with Crippen molar-refractivity contribution < 1.29 is 9.53 Å². The highest BCUT2D eigenvalue weighted by molar-refractivity contribution is 7.22. The van der Waals surface area contributed by atoms with E-state index in [4.69, 9.17) is 9.72 Å². The quantitative estimate of drug-likeness (QED) is 0.557. The third kappa shape index (κ3) is 4.69. The smallest absolute Gasteiger partial charge is 0.260 e. The minimum Gasteiger partial charge on any atom is -0.494 e. The molecule has 0 bridgehead atoms. The number of ether oxygens (including phenoxy) is 1. The first-order valence-corrected chi connectivity index (χ1v) is 10.4. The van der Waals surface area contributed by atoms with Crippen LogP contribution in [-0.2, 0) is 0 Å². The number of rotatable bonds is 8. The first-order valence-electron chi connectivity index (χ1n) is 9.55. The van der Waals surface area contributed by atoms with E-state index in [1.54, 1.807) is 0 Å². The monoisotopic (exact) mass is 397 g/mol. The average Bonchev–Trinajstić information content (AvgIpc) is 3.08. The van der Waals surface area contributed by atoms with E-state index in [0.717, 1.165) is 45.2 Å². The van der Waals surface area contributed by atoms with Gasteiger partial charge in [-0.25, -0.2) is 4.98 Å². The molecule has 6 heteroatoms. The standard InChI is InChI=1S/C22H27N3O2S/c1-5-27-17-11-12-19-20(15-17)28-22(23-19)25(14-8-13-24(3)4)21(26)18-10-7-6-9-16(18)2/h6-7,9-12,15H,5,8,13-14H2,1-4H3. The van der Waals surface area contributed by atoms with E-state index in [1.165, 1.54) is 11.3 Å². The number of aromatic nitrogens is 1. The van der Waals surface area contributed by atoms with E-state index in [0.29, 0.717) is 13.2 Å². The lowest BCUT2D eigenvalue weighted by Crippen LogP contribution is -2.33. The van der Waals surface area contributed by atoms with Gasteiger partial charge in [0.15, 0.2) is 5.13 Å². The number of amides is 1. The molecule has 5 nitrogen and oxygen atoms in total. The molecule has 0 fully saturated rings. The first-order chi connectivity index (χ1) is 13.5. The van der Waals surface area contributed by atoms with Gasteiger partial charge in [-0.05, 0) is 70.7 Å². The molecule has 3 aromatic rings. The summed E-state index contributed by atoms with van der Waals surface area (Å²) in [5, 5.41) is 0.732. The summed E-state index contributed by atoms with van der Waals surface area (Å²) in [6, 6.07) is 13.6. The van der Waals surface area contributed by atoms with E-state index < -0.39 is 0 Å². The van der Waals surface area contributed by atoms with Crippen LogP contribution in [0.3, 0.4) is 0 Å². The van der Waals surface area contributed by atoms with E-state index in [1.807, 2.05) is 75.3 Å². The van der Waals surface area contributed by atoms with Gasteiger partial charge in [-0.1, -0.05) is 29.5 Å². The molecule has 0 N–H and O–H groups in total. The van der Waals surface area contributed by atoms with Gasteiger partial charge in [0.25, 0.3) is 5.91 Å². The number of hydrogen-bond donors (Lipinski definition) is 0. The van der Waals surface area contributed by atoms with Crippen molar-refractivity contribution in [1.82, 2.24) is 9.88 Å². The lowest BCUT2D eigenvalue weighted by molar-refractivity contribution is 0.0985. The minimum absolute atomic E-state index is 0.000874. The molecule has 28 heavy (non-hydrogen) atoms. The van der Waals surface area contributed by atoms with Crippen molar-refractivity contribution in [3.05, 3.63) is 53.6 Å². The third-order valence-electron chi connectivity index (χ3n) is 4.50. The SMILES string of the molecule is CCOc1ccc2nc(N(CCCN(C)C)C(=O)c3ccccc3C)sc2c1. The predicted molar refractivity (Wildman–Crippen MR) is 117 cm³/mol. The average molecular weight is 398 g/mol. The molecule has 0 saturated heterocycles. The molecule has 0 aliphatic heterocycles. The Bertz CT molecular complexity index is 952. The number of nitrogens with zero attached hydrogens (tertiary/aromatic N) is 3. The van der Waals surface area contributed by atoms with Crippen LogP contribution in [0.15, 0.2) is 42.5 Å². The van der Waals surface area contributed by atoms with Gasteiger partial charge in [-0.3, -0.25) is 9.69 Å². The van der Waals surface area contributed by atoms with Gasteiger partial charge in [0.1, 0.15) is 5.75 Å². The van der Waals surface area contributed by atoms with E-state index in [-0.39, 0.29) is 5.91 Å². The number of thiazole rings is 1. The molecule has 0 atom stereocenters. The minimum atomic E-state index is 0.000874. The summed E-state index contributed by atoms with van der Waals surface area (Å²) in [6.07, 6.45) is 0.880. The second kappa shape index (κ2) is 9.17. The maximum atomic E-state index is 13.3. The summed E-state index contributed by atoms with van der Waals surface area (Å²) in [5.74, 6) is 0.829. The Morgan fingerprint density at radius 1 is 1.14 bits per heavy atom. The molecule has 0 radical (unpaired) electrons. The van der Waals surface area contributed by atoms with Crippen molar-refractivity contribution in [2.24, 2.45) is 0 Å². The third-order valence-corrected chi connectivity index (χ3v) is 5.54. The van der Waals surface area contributed by atoms with Crippen LogP contribution in [0.2, 0.25) is 0 Å². The number of hydrogen-bond acceptors (Lipinski definition) is 5. The lowest BCUT2D eigenvalue weighted by Gasteiger charge is -2.21. The van der Waals surface area contributed by atoms with Crippen LogP contribution in [0.4, 0.5) is 5.13 Å². The Kier molecular flexibility index (Phi) is 6.65. The van der Waals surface area contributed by atoms with Crippen molar-refractivity contribution in [2.75, 3.05) is 38.7 Å². The van der Waals surface area contributed by atoms with Gasteiger partial charge < -0.3 is 9.64 Å². The van der Waals surface area contributed by atoms with Crippen molar-refractivity contribution in [1.29, 1.82) is 0 Å². The van der Waals surface area contributed by atoms with Crippen LogP contribution in [0, 0.1) is 6.92 Å². The molecule has 0 spiro atoms. The summed E-state index contributed by atoms with van der Waals surface area (Å²) in [6.45, 7) is 6.10. The highest BCUT2D eigenvalue weighted by Gasteiger charge is 2.22. The van der Waals surface area contributed by atoms with Crippen molar-refractivity contribution in [2.45, 2.75) is 20.3 Å². The van der Waals surface area contributed by atoms with E-state index in [2.05, 4.69) is 4.90 Å². The summed E-state index contributed by atoms with van der Waals surface area (Å²) in [7, 11) is 4.08. The molecule has 148 valence electrons. The van der Waals surface area contributed by atoms with E-state index >= 15 is 0 Å². The largest absolute Gasteiger partial charge is 0.494 e. The molecule has 2 aromatic carbocycles. The van der Waals surface area contributed by atoms with Gasteiger partial charge in [-0.15, -0.1) is 0 Å². The summed E-state index contributed by atoms with van der Waals surface area (Å²) < 4.78 is 6.62. The molecule has 1 amide bonds. The molecule has 0 unspecified atom stereocenters. The summed E-state index contributed by atoms with van der Waals surface area (Å²) >= 11 is 1.53. The Morgan fingerprint density at radius 2 is 1.93 bits per heavy atom. The molecular weight excluding hydrogens is 370 g/mol. The normalized spacial score (nSPS) is 11.2. The van der Waals surface area contributed by atoms with Crippen molar-refractivity contribution in [3.63, 3.8) is 0 Å². The zero-order valence-electron chi connectivity index (χ0n) is 16.9. The number of aryl methyl sites for hydroxylation is 1. The Hall–Kier alpha value is -2.44. The van der Waals surface area contributed by atoms with Crippen LogP contribution in [0.1, 0.15) is 29.3 Å². The van der Waals surface area contributed by atoms with Gasteiger partial charge in [0.2, 0.25) is 0 Å². The van der Waals surface area contributed by atoms with E-state index in [9.17, 15) is 4.79 Å². The molecule has 0 aliphatic carbocycles. The number of carbonyl (C=O) groups is 1. The predicted octanol–water partition coefficient (Wildman–Crippen LogP) is 4.60. The van der Waals surface area contributed by atoms with Gasteiger partial charge >= 0.3 is 0 Å². The number of fused-ring (bicyclic) bond motifs is 1. The summed E-state index contributed by atoms with van der Waals surface area (Å²) in [5.41, 5.74) is 2.59. The van der Waals surface area contributed by atoms with Crippen LogP contribution < -0.4 is 9.64 Å². The second-order valence-corrected chi connectivity index (χ2v) is 8.00. The van der Waals surface area contributed by atoms with Crippen LogP contribution in [0.5, 0.6) is 5.75 Å². The number of benzene rings is 2. The molecule has 1 aromatic heterocycles. The zero-order chi connectivity index (χ0) is 20.1. The van der Waals surface area contributed by atoms with Gasteiger partial charge in [0.05, 0.1) is 16.8 Å². The van der Waals surface area contributed by atoms with Gasteiger partial charge in [-0.2, -0.15) is 0 Å². The Morgan fingerprint density at radius 3 is 2.64 bits per heavy atom. The highest BCUT2D eigenvalue weighted by atomic mass is 32.1. The Labute approximate surface area is 170 Å². The fourth-order valence-electron chi connectivity index (χ4n) is 3.05. The fraction of sp³-hybridized carbons (Fsp3) is 0.364. The van der Waals surface area contributed by atoms with Crippen LogP contribution in [-0.4, -0.2) is 49.6 Å². The maximum absolute atomic E-state index is 13.3. The number of anilines is 1. The second-order valence-electron chi connectivity index (χ2n) is 6.99. The highest BCUT2D eigenvalue weighted by Crippen LogP contribution is 2.32. The summed E-state index contributed by atoms with van der Waals surface area (Å²) in [4.78, 5) is 22.0. The zero-order valence-corrected chi connectivity index (χ0v) is 17.8. The topological polar surface area (TPSA) is 45.7 Å².